The molecular weight excluding hydrogens is 278 g/mol. The highest BCUT2D eigenvalue weighted by molar-refractivity contribution is 7.98. The van der Waals surface area contributed by atoms with Crippen LogP contribution in [0.1, 0.15) is 30.0 Å². The van der Waals surface area contributed by atoms with Gasteiger partial charge in [0.15, 0.2) is 0 Å². The monoisotopic (exact) mass is 301 g/mol. The molecule has 0 saturated heterocycles. The van der Waals surface area contributed by atoms with Gasteiger partial charge in [0.05, 0.1) is 6.61 Å². The molecule has 0 amide bonds. The second-order valence-electron chi connectivity index (χ2n) is 5.09. The highest BCUT2D eigenvalue weighted by Crippen LogP contribution is 2.23. The molecule has 0 atom stereocenters. The van der Waals surface area contributed by atoms with Gasteiger partial charge in [0.1, 0.15) is 0 Å². The Hall–Kier alpha value is -1.29. The molecule has 0 radical (unpaired) electrons. The summed E-state index contributed by atoms with van der Waals surface area (Å²) in [7, 11) is 0. The van der Waals surface area contributed by atoms with Crippen LogP contribution >= 0.6 is 11.8 Å². The molecule has 0 aliphatic heterocycles. The number of hydrogen-bond acceptors (Lipinski definition) is 3. The molecule has 0 fully saturated rings. The predicted octanol–water partition coefficient (Wildman–Crippen LogP) is 3.97. The summed E-state index contributed by atoms with van der Waals surface area (Å²) in [4.78, 5) is 1.30. The van der Waals surface area contributed by atoms with Gasteiger partial charge in [-0.2, -0.15) is 0 Å². The van der Waals surface area contributed by atoms with Gasteiger partial charge in [-0.15, -0.1) is 11.8 Å². The van der Waals surface area contributed by atoms with Gasteiger partial charge < -0.3 is 10.4 Å². The smallest absolute Gasteiger partial charge is 0.0681 e. The Kier molecular flexibility index (Phi) is 6.80. The van der Waals surface area contributed by atoms with Gasteiger partial charge in [-0.25, -0.2) is 0 Å². The number of nitrogens with one attached hydrogen (secondary N) is 1. The molecular formula is C18H23NOS. The first-order valence-electron chi connectivity index (χ1n) is 7.43. The van der Waals surface area contributed by atoms with Crippen LogP contribution in [-0.4, -0.2) is 11.7 Å². The van der Waals surface area contributed by atoms with Crippen molar-refractivity contribution in [2.45, 2.75) is 37.1 Å². The number of aliphatic hydroxyl groups is 1. The highest BCUT2D eigenvalue weighted by atomic mass is 32.2. The number of benzene rings is 2. The van der Waals surface area contributed by atoms with Crippen LogP contribution in [0.25, 0.3) is 0 Å². The van der Waals surface area contributed by atoms with Crippen LogP contribution < -0.4 is 5.32 Å². The number of hydrogen-bond donors (Lipinski definition) is 2. The number of thioether (sulfide) groups is 1. The molecule has 0 aromatic heterocycles. The SMILES string of the molecule is CCCNCc1cccc(SCc2ccc(CO)cc2)c1. The van der Waals surface area contributed by atoms with Gasteiger partial charge in [0, 0.05) is 17.2 Å². The van der Waals surface area contributed by atoms with Gasteiger partial charge in [-0.3, -0.25) is 0 Å². The normalized spacial score (nSPS) is 10.8. The minimum atomic E-state index is 0.111. The van der Waals surface area contributed by atoms with Crippen LogP contribution in [0.5, 0.6) is 0 Å². The van der Waals surface area contributed by atoms with Crippen molar-refractivity contribution in [2.24, 2.45) is 0 Å². The molecule has 0 saturated carbocycles. The Bertz CT molecular complexity index is 539. The molecule has 0 unspecified atom stereocenters. The fourth-order valence-electron chi connectivity index (χ4n) is 2.06. The quantitative estimate of drug-likeness (QED) is 0.571. The maximum absolute atomic E-state index is 9.04. The average Bonchev–Trinajstić information content (AvgIpc) is 2.54. The molecule has 2 aromatic carbocycles. The third kappa shape index (κ3) is 5.54. The summed E-state index contributed by atoms with van der Waals surface area (Å²) in [6.45, 7) is 4.30. The lowest BCUT2D eigenvalue weighted by molar-refractivity contribution is 0.282. The molecule has 0 heterocycles. The van der Waals surface area contributed by atoms with Gasteiger partial charge in [0.25, 0.3) is 0 Å². The molecule has 2 rings (SSSR count). The van der Waals surface area contributed by atoms with Crippen molar-refractivity contribution in [3.8, 4) is 0 Å². The van der Waals surface area contributed by atoms with E-state index < -0.39 is 0 Å². The van der Waals surface area contributed by atoms with E-state index in [1.54, 1.807) is 0 Å². The van der Waals surface area contributed by atoms with Crippen LogP contribution in [0.4, 0.5) is 0 Å². The van der Waals surface area contributed by atoms with Crippen LogP contribution in [0.2, 0.25) is 0 Å². The molecule has 0 aliphatic rings. The Morgan fingerprint density at radius 3 is 2.48 bits per heavy atom. The van der Waals surface area contributed by atoms with Crippen molar-refractivity contribution in [2.75, 3.05) is 6.54 Å². The van der Waals surface area contributed by atoms with Crippen molar-refractivity contribution >= 4 is 11.8 Å². The zero-order valence-corrected chi connectivity index (χ0v) is 13.3. The molecule has 2 aromatic rings. The summed E-state index contributed by atoms with van der Waals surface area (Å²) in [5, 5.41) is 12.5. The van der Waals surface area contributed by atoms with E-state index in [0.717, 1.165) is 30.8 Å². The minimum Gasteiger partial charge on any atom is -0.392 e. The summed E-state index contributed by atoms with van der Waals surface area (Å²) < 4.78 is 0. The molecule has 21 heavy (non-hydrogen) atoms. The lowest BCUT2D eigenvalue weighted by Crippen LogP contribution is -2.13. The van der Waals surface area contributed by atoms with Gasteiger partial charge in [-0.05, 0) is 41.8 Å². The molecule has 0 spiro atoms. The first-order valence-corrected chi connectivity index (χ1v) is 8.41. The van der Waals surface area contributed by atoms with E-state index in [9.17, 15) is 0 Å². The van der Waals surface area contributed by atoms with Gasteiger partial charge >= 0.3 is 0 Å². The summed E-state index contributed by atoms with van der Waals surface area (Å²) in [6.07, 6.45) is 1.16. The summed E-state index contributed by atoms with van der Waals surface area (Å²) >= 11 is 1.85. The first kappa shape index (κ1) is 16.1. The Morgan fingerprint density at radius 2 is 1.76 bits per heavy atom. The zero-order chi connectivity index (χ0) is 14.9. The lowest BCUT2D eigenvalue weighted by atomic mass is 10.2. The van der Waals surface area contributed by atoms with Gasteiger partial charge in [0.2, 0.25) is 0 Å². The largest absolute Gasteiger partial charge is 0.392 e. The molecule has 112 valence electrons. The van der Waals surface area contributed by atoms with Crippen molar-refractivity contribution in [1.29, 1.82) is 0 Å². The maximum Gasteiger partial charge on any atom is 0.0681 e. The molecule has 2 nitrogen and oxygen atoms in total. The lowest BCUT2D eigenvalue weighted by Gasteiger charge is -2.07. The van der Waals surface area contributed by atoms with Crippen molar-refractivity contribution in [1.82, 2.24) is 5.32 Å². The predicted molar refractivity (Wildman–Crippen MR) is 90.4 cm³/mol. The third-order valence-electron chi connectivity index (χ3n) is 3.27. The van der Waals surface area contributed by atoms with Crippen molar-refractivity contribution in [3.63, 3.8) is 0 Å². The van der Waals surface area contributed by atoms with Crippen LogP contribution in [-0.2, 0) is 18.9 Å². The molecule has 0 bridgehead atoms. The third-order valence-corrected chi connectivity index (χ3v) is 4.33. The van der Waals surface area contributed by atoms with Crippen molar-refractivity contribution < 1.29 is 5.11 Å². The maximum atomic E-state index is 9.04. The van der Waals surface area contributed by atoms with Crippen molar-refractivity contribution in [3.05, 3.63) is 65.2 Å². The summed E-state index contributed by atoms with van der Waals surface area (Å²) in [5.74, 6) is 0.956. The molecule has 2 N–H and O–H groups in total. The van der Waals surface area contributed by atoms with E-state index >= 15 is 0 Å². The van der Waals surface area contributed by atoms with E-state index in [-0.39, 0.29) is 6.61 Å². The van der Waals surface area contributed by atoms with Crippen LogP contribution in [0.15, 0.2) is 53.4 Å². The van der Waals surface area contributed by atoms with E-state index in [2.05, 4.69) is 48.6 Å². The fourth-order valence-corrected chi connectivity index (χ4v) is 3.00. The second kappa shape index (κ2) is 8.88. The standard InChI is InChI=1S/C18H23NOS/c1-2-10-19-12-17-4-3-5-18(11-17)21-14-16-8-6-15(13-20)7-9-16/h3-9,11,19-20H,2,10,12-14H2,1H3. The number of aliphatic hydroxyl groups excluding tert-OH is 1. The molecule has 3 heteroatoms. The van der Waals surface area contributed by atoms with E-state index in [0.29, 0.717) is 0 Å². The van der Waals surface area contributed by atoms with E-state index in [1.807, 2.05) is 23.9 Å². The highest BCUT2D eigenvalue weighted by Gasteiger charge is 1.99. The minimum absolute atomic E-state index is 0.111. The molecule has 0 aliphatic carbocycles. The summed E-state index contributed by atoms with van der Waals surface area (Å²) in [6, 6.07) is 16.9. The summed E-state index contributed by atoms with van der Waals surface area (Å²) in [5.41, 5.74) is 3.59. The Balaban J connectivity index is 1.88. The zero-order valence-electron chi connectivity index (χ0n) is 12.5. The fraction of sp³-hybridized carbons (Fsp3) is 0.333. The Morgan fingerprint density at radius 1 is 1.00 bits per heavy atom. The average molecular weight is 301 g/mol. The topological polar surface area (TPSA) is 32.3 Å². The van der Waals surface area contributed by atoms with Gasteiger partial charge in [-0.1, -0.05) is 43.3 Å². The van der Waals surface area contributed by atoms with E-state index in [1.165, 1.54) is 16.0 Å². The second-order valence-corrected chi connectivity index (χ2v) is 6.14. The van der Waals surface area contributed by atoms with Crippen LogP contribution in [0.3, 0.4) is 0 Å². The first-order chi connectivity index (χ1) is 10.3. The number of rotatable bonds is 8. The van der Waals surface area contributed by atoms with Crippen LogP contribution in [0, 0.1) is 0 Å². The van der Waals surface area contributed by atoms with E-state index in [4.69, 9.17) is 5.11 Å². The Labute approximate surface area is 131 Å².